The summed E-state index contributed by atoms with van der Waals surface area (Å²) in [4.78, 5) is 13.5. The summed E-state index contributed by atoms with van der Waals surface area (Å²) in [5.41, 5.74) is 3.00. The van der Waals surface area contributed by atoms with Crippen molar-refractivity contribution in [3.63, 3.8) is 0 Å². The van der Waals surface area contributed by atoms with Gasteiger partial charge in [0.15, 0.2) is 5.82 Å². The van der Waals surface area contributed by atoms with E-state index in [9.17, 15) is 9.65 Å². The maximum atomic E-state index is 13.6. The lowest BCUT2D eigenvalue weighted by atomic mass is 9.98. The van der Waals surface area contributed by atoms with E-state index < -0.39 is 5.82 Å². The number of nitrogens with one attached hydrogen (secondary N) is 1. The molecule has 7 heteroatoms. The van der Waals surface area contributed by atoms with Crippen LogP contribution in [0.2, 0.25) is 0 Å². The Hall–Kier alpha value is -4.05. The average Bonchev–Trinajstić information content (AvgIpc) is 2.79. The molecule has 0 aliphatic heterocycles. The Kier molecular flexibility index (Phi) is 5.22. The summed E-state index contributed by atoms with van der Waals surface area (Å²) in [6.07, 6.45) is 3.39. The van der Waals surface area contributed by atoms with Crippen molar-refractivity contribution in [2.24, 2.45) is 0 Å². The highest BCUT2D eigenvalue weighted by Crippen LogP contribution is 2.37. The Morgan fingerprint density at radius 1 is 1.13 bits per heavy atom. The predicted octanol–water partition coefficient (Wildman–Crippen LogP) is 4.81. The van der Waals surface area contributed by atoms with Gasteiger partial charge in [-0.3, -0.25) is 4.98 Å². The molecule has 4 aromatic rings. The highest BCUT2D eigenvalue weighted by atomic mass is 19.1. The van der Waals surface area contributed by atoms with Crippen molar-refractivity contribution in [2.75, 3.05) is 19.0 Å². The van der Waals surface area contributed by atoms with Gasteiger partial charge in [0.2, 0.25) is 0 Å². The number of ether oxygens (including phenoxy) is 1. The standard InChI is InChI=1S/C23H18FN5O/c1-3-30-20-11-15(18-7-6-17(24)9-16(18)12-25)10-19-21(20)28-22(29-23(19)26-2)14-5-4-8-27-13-14/h4-11,13H,3H2,1-2H3,(H,26,28,29). The Bertz CT molecular complexity index is 1270. The maximum absolute atomic E-state index is 13.6. The highest BCUT2D eigenvalue weighted by molar-refractivity contribution is 5.98. The second kappa shape index (κ2) is 8.13. The van der Waals surface area contributed by atoms with Gasteiger partial charge < -0.3 is 10.1 Å². The molecule has 0 aliphatic rings. The van der Waals surface area contributed by atoms with E-state index in [0.29, 0.717) is 35.1 Å². The molecular formula is C23H18FN5O. The fourth-order valence-electron chi connectivity index (χ4n) is 3.30. The van der Waals surface area contributed by atoms with Crippen molar-refractivity contribution >= 4 is 16.7 Å². The van der Waals surface area contributed by atoms with Crippen LogP contribution in [0.4, 0.5) is 10.2 Å². The average molecular weight is 399 g/mol. The minimum absolute atomic E-state index is 0.246. The smallest absolute Gasteiger partial charge is 0.163 e. The van der Waals surface area contributed by atoms with Gasteiger partial charge in [0, 0.05) is 30.4 Å². The van der Waals surface area contributed by atoms with E-state index in [2.05, 4.69) is 21.4 Å². The molecular weight excluding hydrogens is 381 g/mol. The molecule has 0 fully saturated rings. The van der Waals surface area contributed by atoms with Crippen LogP contribution in [0.15, 0.2) is 54.9 Å². The highest BCUT2D eigenvalue weighted by Gasteiger charge is 2.17. The van der Waals surface area contributed by atoms with Gasteiger partial charge in [-0.05, 0) is 54.4 Å². The number of hydrogen-bond donors (Lipinski definition) is 1. The van der Waals surface area contributed by atoms with E-state index in [4.69, 9.17) is 9.72 Å². The van der Waals surface area contributed by atoms with Crippen LogP contribution in [0.25, 0.3) is 33.4 Å². The number of nitrogens with zero attached hydrogens (tertiary/aromatic N) is 4. The van der Waals surface area contributed by atoms with Crippen LogP contribution in [0.5, 0.6) is 5.75 Å². The Morgan fingerprint density at radius 3 is 2.70 bits per heavy atom. The van der Waals surface area contributed by atoms with E-state index >= 15 is 0 Å². The molecule has 6 nitrogen and oxygen atoms in total. The van der Waals surface area contributed by atoms with Gasteiger partial charge in [-0.2, -0.15) is 5.26 Å². The molecule has 4 rings (SSSR count). The molecule has 0 amide bonds. The number of rotatable bonds is 5. The lowest BCUT2D eigenvalue weighted by Crippen LogP contribution is -2.02. The molecule has 0 unspecified atom stereocenters. The normalized spacial score (nSPS) is 10.6. The van der Waals surface area contributed by atoms with Gasteiger partial charge in [0.25, 0.3) is 0 Å². The van der Waals surface area contributed by atoms with Gasteiger partial charge in [-0.1, -0.05) is 6.07 Å². The lowest BCUT2D eigenvalue weighted by molar-refractivity contribution is 0.344. The molecule has 0 saturated carbocycles. The predicted molar refractivity (Wildman–Crippen MR) is 114 cm³/mol. The number of aromatic nitrogens is 3. The Balaban J connectivity index is 2.00. The van der Waals surface area contributed by atoms with Crippen LogP contribution in [-0.2, 0) is 0 Å². The van der Waals surface area contributed by atoms with Gasteiger partial charge in [-0.25, -0.2) is 14.4 Å². The zero-order valence-corrected chi connectivity index (χ0v) is 16.5. The minimum Gasteiger partial charge on any atom is -0.492 e. The summed E-state index contributed by atoms with van der Waals surface area (Å²) in [5.74, 6) is 1.24. The molecule has 0 spiro atoms. The summed E-state index contributed by atoms with van der Waals surface area (Å²) in [6, 6.07) is 13.6. The van der Waals surface area contributed by atoms with Crippen molar-refractivity contribution in [1.29, 1.82) is 5.26 Å². The van der Waals surface area contributed by atoms with Crippen LogP contribution in [-0.4, -0.2) is 28.6 Å². The molecule has 0 aliphatic carbocycles. The van der Waals surface area contributed by atoms with Gasteiger partial charge in [0.05, 0.1) is 18.2 Å². The summed E-state index contributed by atoms with van der Waals surface area (Å²) in [5, 5.41) is 13.3. The van der Waals surface area contributed by atoms with E-state index in [1.807, 2.05) is 31.2 Å². The van der Waals surface area contributed by atoms with E-state index in [1.165, 1.54) is 12.1 Å². The minimum atomic E-state index is -0.457. The van der Waals surface area contributed by atoms with Gasteiger partial charge in [0.1, 0.15) is 22.9 Å². The first-order valence-corrected chi connectivity index (χ1v) is 9.41. The van der Waals surface area contributed by atoms with Crippen LogP contribution in [0, 0.1) is 17.1 Å². The first kappa shape index (κ1) is 19.3. The first-order valence-electron chi connectivity index (χ1n) is 9.41. The zero-order chi connectivity index (χ0) is 21.1. The molecule has 0 saturated heterocycles. The fraction of sp³-hybridized carbons (Fsp3) is 0.130. The molecule has 1 N–H and O–H groups in total. The first-order chi connectivity index (χ1) is 14.6. The monoisotopic (exact) mass is 399 g/mol. The lowest BCUT2D eigenvalue weighted by Gasteiger charge is -2.15. The van der Waals surface area contributed by atoms with Crippen LogP contribution < -0.4 is 10.1 Å². The molecule has 148 valence electrons. The number of nitriles is 1. The van der Waals surface area contributed by atoms with Crippen molar-refractivity contribution in [1.82, 2.24) is 15.0 Å². The molecule has 2 heterocycles. The number of fused-ring (bicyclic) bond motifs is 1. The van der Waals surface area contributed by atoms with Gasteiger partial charge >= 0.3 is 0 Å². The molecule has 30 heavy (non-hydrogen) atoms. The quantitative estimate of drug-likeness (QED) is 0.518. The van der Waals surface area contributed by atoms with Crippen molar-refractivity contribution in [3.05, 3.63) is 66.2 Å². The summed E-state index contributed by atoms with van der Waals surface area (Å²) >= 11 is 0. The Labute approximate surface area is 173 Å². The molecule has 2 aromatic carbocycles. The third-order valence-electron chi connectivity index (χ3n) is 4.63. The number of benzene rings is 2. The topological polar surface area (TPSA) is 83.7 Å². The summed E-state index contributed by atoms with van der Waals surface area (Å²) in [6.45, 7) is 2.33. The molecule has 2 aromatic heterocycles. The molecule has 0 bridgehead atoms. The number of hydrogen-bond acceptors (Lipinski definition) is 6. The fourth-order valence-corrected chi connectivity index (χ4v) is 3.30. The maximum Gasteiger partial charge on any atom is 0.163 e. The largest absolute Gasteiger partial charge is 0.492 e. The number of pyridine rings is 1. The third kappa shape index (κ3) is 3.51. The summed E-state index contributed by atoms with van der Waals surface area (Å²) < 4.78 is 19.5. The SMILES string of the molecule is CCOc1cc(-c2ccc(F)cc2C#N)cc2c(NC)nc(-c3cccnc3)nc12. The molecule has 0 atom stereocenters. The van der Waals surface area contributed by atoms with Crippen molar-refractivity contribution in [3.8, 4) is 34.3 Å². The van der Waals surface area contributed by atoms with E-state index in [-0.39, 0.29) is 5.56 Å². The van der Waals surface area contributed by atoms with Crippen LogP contribution >= 0.6 is 0 Å². The van der Waals surface area contributed by atoms with Gasteiger partial charge in [-0.15, -0.1) is 0 Å². The number of anilines is 1. The van der Waals surface area contributed by atoms with Crippen molar-refractivity contribution in [2.45, 2.75) is 6.92 Å². The van der Waals surface area contributed by atoms with Crippen LogP contribution in [0.3, 0.4) is 0 Å². The second-order valence-electron chi connectivity index (χ2n) is 6.49. The zero-order valence-electron chi connectivity index (χ0n) is 16.5. The van der Waals surface area contributed by atoms with Crippen LogP contribution in [0.1, 0.15) is 12.5 Å². The second-order valence-corrected chi connectivity index (χ2v) is 6.49. The molecule has 0 radical (unpaired) electrons. The third-order valence-corrected chi connectivity index (χ3v) is 4.63. The summed E-state index contributed by atoms with van der Waals surface area (Å²) in [7, 11) is 1.78. The van der Waals surface area contributed by atoms with E-state index in [0.717, 1.165) is 16.5 Å². The van der Waals surface area contributed by atoms with Crippen molar-refractivity contribution < 1.29 is 9.13 Å². The Morgan fingerprint density at radius 2 is 2.00 bits per heavy atom. The number of halogens is 1. The van der Waals surface area contributed by atoms with E-state index in [1.54, 1.807) is 25.5 Å².